The smallest absolute Gasteiger partial charge is 0.229 e. The fraction of sp³-hybridized carbons (Fsp3) is 0.429. The molecule has 7 heteroatoms. The summed E-state index contributed by atoms with van der Waals surface area (Å²) in [6.07, 6.45) is -4.82. The highest BCUT2D eigenvalue weighted by Crippen LogP contribution is 2.29. The molecule has 2 aromatic rings. The fourth-order valence-electron chi connectivity index (χ4n) is 2.43. The van der Waals surface area contributed by atoms with Crippen LogP contribution in [0.3, 0.4) is 0 Å². The van der Waals surface area contributed by atoms with Gasteiger partial charge in [0.15, 0.2) is 0 Å². The molecule has 2 heterocycles. The average molecular weight is 295 g/mol. The number of aliphatic hydroxyl groups is 4. The van der Waals surface area contributed by atoms with E-state index in [1.807, 2.05) is 24.3 Å². The van der Waals surface area contributed by atoms with Gasteiger partial charge in [0.25, 0.3) is 0 Å². The van der Waals surface area contributed by atoms with E-state index < -0.39 is 37.3 Å². The third-order valence-electron chi connectivity index (χ3n) is 3.64. The maximum Gasteiger partial charge on any atom is 0.229 e. The standard InChI is InChI=1S/C14H17NO6/c16-6-10-11(17)12(18)13(19)14(21-10)20-9-5-15-8-4-2-1-3-7(8)9/h1-5,10-19H,6H2/t10?,11-,12-,13?,14+/m0/s1. The summed E-state index contributed by atoms with van der Waals surface area (Å²) in [6, 6.07) is 7.42. The maximum atomic E-state index is 9.94. The van der Waals surface area contributed by atoms with Crippen molar-refractivity contribution in [3.63, 3.8) is 0 Å². The maximum absolute atomic E-state index is 9.94. The van der Waals surface area contributed by atoms with Crippen LogP contribution in [0.4, 0.5) is 0 Å². The summed E-state index contributed by atoms with van der Waals surface area (Å²) in [5.41, 5.74) is 0.858. The van der Waals surface area contributed by atoms with Gasteiger partial charge in [0.05, 0.1) is 6.61 Å². The second-order valence-corrected chi connectivity index (χ2v) is 5.01. The Labute approximate surface area is 120 Å². The van der Waals surface area contributed by atoms with E-state index in [-0.39, 0.29) is 0 Å². The number of hydrogen-bond donors (Lipinski definition) is 5. The number of ether oxygens (including phenoxy) is 2. The number of fused-ring (bicyclic) bond motifs is 1. The zero-order valence-electron chi connectivity index (χ0n) is 11.1. The quantitative estimate of drug-likeness (QED) is 0.514. The van der Waals surface area contributed by atoms with Crippen LogP contribution >= 0.6 is 0 Å². The van der Waals surface area contributed by atoms with Gasteiger partial charge in [-0.3, -0.25) is 0 Å². The molecule has 0 aliphatic carbocycles. The zero-order chi connectivity index (χ0) is 15.0. The number of aromatic amines is 1. The van der Waals surface area contributed by atoms with Crippen LogP contribution in [0, 0.1) is 0 Å². The minimum atomic E-state index is -1.45. The van der Waals surface area contributed by atoms with E-state index >= 15 is 0 Å². The fourth-order valence-corrected chi connectivity index (χ4v) is 2.43. The van der Waals surface area contributed by atoms with Crippen LogP contribution in [0.25, 0.3) is 10.9 Å². The minimum absolute atomic E-state index is 0.454. The van der Waals surface area contributed by atoms with Crippen molar-refractivity contribution in [2.24, 2.45) is 0 Å². The molecule has 3 rings (SSSR count). The molecule has 1 aliphatic rings. The van der Waals surface area contributed by atoms with Gasteiger partial charge in [-0.2, -0.15) is 0 Å². The molecular formula is C14H17NO6. The number of hydrogen-bond acceptors (Lipinski definition) is 6. The summed E-state index contributed by atoms with van der Waals surface area (Å²) < 4.78 is 10.9. The van der Waals surface area contributed by atoms with Crippen LogP contribution in [0.15, 0.2) is 30.5 Å². The van der Waals surface area contributed by atoms with E-state index in [1.54, 1.807) is 6.20 Å². The second kappa shape index (κ2) is 5.63. The van der Waals surface area contributed by atoms with E-state index in [1.165, 1.54) is 0 Å². The van der Waals surface area contributed by atoms with E-state index in [4.69, 9.17) is 14.6 Å². The van der Waals surface area contributed by atoms with Crippen molar-refractivity contribution in [2.45, 2.75) is 30.7 Å². The Hall–Kier alpha value is -1.64. The summed E-state index contributed by atoms with van der Waals surface area (Å²) in [7, 11) is 0. The Morgan fingerprint density at radius 3 is 2.62 bits per heavy atom. The lowest BCUT2D eigenvalue weighted by atomic mass is 9.99. The van der Waals surface area contributed by atoms with Gasteiger partial charge in [-0.05, 0) is 12.1 Å². The topological polar surface area (TPSA) is 115 Å². The van der Waals surface area contributed by atoms with E-state index in [2.05, 4.69) is 4.98 Å². The van der Waals surface area contributed by atoms with Crippen LogP contribution < -0.4 is 4.74 Å². The third kappa shape index (κ3) is 2.50. The van der Waals surface area contributed by atoms with Crippen molar-refractivity contribution in [1.29, 1.82) is 0 Å². The lowest BCUT2D eigenvalue weighted by Crippen LogP contribution is -2.60. The van der Waals surface area contributed by atoms with Crippen molar-refractivity contribution in [3.05, 3.63) is 30.5 Å². The summed E-state index contributed by atoms with van der Waals surface area (Å²) in [5.74, 6) is 0.454. The molecule has 2 unspecified atom stereocenters. The summed E-state index contributed by atoms with van der Waals surface area (Å²) in [5, 5.41) is 39.3. The van der Waals surface area contributed by atoms with E-state index in [9.17, 15) is 15.3 Å². The van der Waals surface area contributed by atoms with Crippen molar-refractivity contribution >= 4 is 10.9 Å². The highest BCUT2D eigenvalue weighted by molar-refractivity contribution is 5.85. The lowest BCUT2D eigenvalue weighted by molar-refractivity contribution is -0.277. The number of rotatable bonds is 3. The first-order valence-corrected chi connectivity index (χ1v) is 6.65. The second-order valence-electron chi connectivity index (χ2n) is 5.01. The van der Waals surface area contributed by atoms with Gasteiger partial charge >= 0.3 is 0 Å². The first kappa shape index (κ1) is 14.3. The molecule has 1 aliphatic heterocycles. The average Bonchev–Trinajstić information content (AvgIpc) is 2.91. The number of para-hydroxylation sites is 1. The molecule has 7 nitrogen and oxygen atoms in total. The van der Waals surface area contributed by atoms with Gasteiger partial charge in [-0.25, -0.2) is 0 Å². The molecule has 0 radical (unpaired) electrons. The molecule has 1 saturated heterocycles. The van der Waals surface area contributed by atoms with Gasteiger partial charge in [0.2, 0.25) is 6.29 Å². The Morgan fingerprint density at radius 2 is 1.86 bits per heavy atom. The van der Waals surface area contributed by atoms with Crippen LogP contribution in [0.2, 0.25) is 0 Å². The van der Waals surface area contributed by atoms with E-state index in [0.29, 0.717) is 5.75 Å². The van der Waals surface area contributed by atoms with Crippen LogP contribution in [-0.2, 0) is 4.74 Å². The molecular weight excluding hydrogens is 278 g/mol. The number of aromatic nitrogens is 1. The Morgan fingerprint density at radius 1 is 1.10 bits per heavy atom. The molecule has 5 atom stereocenters. The van der Waals surface area contributed by atoms with Gasteiger partial charge in [0, 0.05) is 17.1 Å². The molecule has 0 amide bonds. The molecule has 0 bridgehead atoms. The Balaban J connectivity index is 1.83. The van der Waals surface area contributed by atoms with E-state index in [0.717, 1.165) is 10.9 Å². The highest BCUT2D eigenvalue weighted by atomic mass is 16.7. The summed E-state index contributed by atoms with van der Waals surface area (Å²) in [4.78, 5) is 3.01. The predicted octanol–water partition coefficient (Wildman–Crippen LogP) is -0.653. The molecule has 1 fully saturated rings. The number of H-pyrrole nitrogens is 1. The first-order chi connectivity index (χ1) is 10.1. The molecule has 5 N–H and O–H groups in total. The number of benzene rings is 1. The first-order valence-electron chi connectivity index (χ1n) is 6.65. The molecule has 21 heavy (non-hydrogen) atoms. The monoisotopic (exact) mass is 295 g/mol. The normalized spacial score (nSPS) is 33.2. The van der Waals surface area contributed by atoms with Gasteiger partial charge in [0.1, 0.15) is 30.2 Å². The van der Waals surface area contributed by atoms with Crippen molar-refractivity contribution in [2.75, 3.05) is 6.61 Å². The largest absolute Gasteiger partial charge is 0.460 e. The van der Waals surface area contributed by atoms with Crippen molar-refractivity contribution in [1.82, 2.24) is 4.98 Å². The zero-order valence-corrected chi connectivity index (χ0v) is 11.1. The van der Waals surface area contributed by atoms with Gasteiger partial charge < -0.3 is 34.9 Å². The Bertz CT molecular complexity index is 612. The number of aliphatic hydroxyl groups excluding tert-OH is 4. The van der Waals surface area contributed by atoms with Crippen molar-refractivity contribution < 1.29 is 29.9 Å². The molecule has 114 valence electrons. The molecule has 1 aromatic carbocycles. The molecule has 1 aromatic heterocycles. The molecule has 0 spiro atoms. The van der Waals surface area contributed by atoms with Crippen LogP contribution in [0.1, 0.15) is 0 Å². The molecule has 0 saturated carbocycles. The number of nitrogens with one attached hydrogen (secondary N) is 1. The summed E-state index contributed by atoms with van der Waals surface area (Å²) in [6.45, 7) is -0.487. The van der Waals surface area contributed by atoms with Crippen LogP contribution in [0.5, 0.6) is 5.75 Å². The van der Waals surface area contributed by atoms with Gasteiger partial charge in [-0.1, -0.05) is 12.1 Å². The Kier molecular flexibility index (Phi) is 3.83. The van der Waals surface area contributed by atoms with Gasteiger partial charge in [-0.15, -0.1) is 0 Å². The lowest BCUT2D eigenvalue weighted by Gasteiger charge is -2.39. The minimum Gasteiger partial charge on any atom is -0.460 e. The SMILES string of the molecule is OCC1O[C@@H](Oc2c[nH]c3ccccc23)C(O)[C@@H](O)[C@H]1O. The van der Waals surface area contributed by atoms with Crippen molar-refractivity contribution in [3.8, 4) is 5.75 Å². The third-order valence-corrected chi connectivity index (χ3v) is 3.64. The predicted molar refractivity (Wildman–Crippen MR) is 72.7 cm³/mol. The summed E-state index contributed by atoms with van der Waals surface area (Å²) >= 11 is 0. The highest BCUT2D eigenvalue weighted by Gasteiger charge is 2.44. The van der Waals surface area contributed by atoms with Crippen LogP contribution in [-0.4, -0.2) is 62.7 Å².